The highest BCUT2D eigenvalue weighted by Crippen LogP contribution is 2.10. The molecule has 0 aromatic carbocycles. The van der Waals surface area contributed by atoms with E-state index < -0.39 is 0 Å². The van der Waals surface area contributed by atoms with Crippen LogP contribution < -0.4 is 0 Å². The van der Waals surface area contributed by atoms with Crippen molar-refractivity contribution >= 4 is 11.9 Å². The van der Waals surface area contributed by atoms with Gasteiger partial charge in [-0.3, -0.25) is 9.59 Å². The van der Waals surface area contributed by atoms with Crippen molar-refractivity contribution in [3.63, 3.8) is 0 Å². The van der Waals surface area contributed by atoms with Crippen LogP contribution in [-0.4, -0.2) is 25.2 Å². The molecule has 0 amide bonds. The standard InChI is InChI=1S/C19H36O4/c1-4-6-15-22-18(20)13-11-9-7-8-10-12-14-19(21)23-16-17(3)5-2/h17H,4-16H2,1-3H3. The first kappa shape index (κ1) is 21.9. The largest absolute Gasteiger partial charge is 0.466 e. The molecule has 1 atom stereocenters. The molecule has 23 heavy (non-hydrogen) atoms. The van der Waals surface area contributed by atoms with Gasteiger partial charge < -0.3 is 9.47 Å². The van der Waals surface area contributed by atoms with Crippen LogP contribution in [0.5, 0.6) is 0 Å². The molecule has 0 bridgehead atoms. The van der Waals surface area contributed by atoms with Crippen molar-refractivity contribution in [2.24, 2.45) is 5.92 Å². The average Bonchev–Trinajstić information content (AvgIpc) is 2.55. The second-order valence-electron chi connectivity index (χ2n) is 6.39. The summed E-state index contributed by atoms with van der Waals surface area (Å²) in [7, 11) is 0. The summed E-state index contributed by atoms with van der Waals surface area (Å²) in [6, 6.07) is 0. The molecule has 0 saturated carbocycles. The summed E-state index contributed by atoms with van der Waals surface area (Å²) >= 11 is 0. The van der Waals surface area contributed by atoms with Gasteiger partial charge in [-0.15, -0.1) is 0 Å². The van der Waals surface area contributed by atoms with Crippen molar-refractivity contribution in [2.45, 2.75) is 91.4 Å². The van der Waals surface area contributed by atoms with Gasteiger partial charge in [0.25, 0.3) is 0 Å². The molecule has 0 aromatic heterocycles. The number of hydrogen-bond donors (Lipinski definition) is 0. The molecule has 0 saturated heterocycles. The Kier molecular flexibility index (Phi) is 15.1. The number of hydrogen-bond acceptors (Lipinski definition) is 4. The van der Waals surface area contributed by atoms with Gasteiger partial charge in [-0.05, 0) is 25.2 Å². The summed E-state index contributed by atoms with van der Waals surface area (Å²) < 4.78 is 10.3. The van der Waals surface area contributed by atoms with Gasteiger partial charge >= 0.3 is 11.9 Å². The predicted octanol–water partition coefficient (Wildman–Crippen LogP) is 5.04. The Morgan fingerprint density at radius 3 is 1.83 bits per heavy atom. The van der Waals surface area contributed by atoms with E-state index in [1.807, 2.05) is 0 Å². The summed E-state index contributed by atoms with van der Waals surface area (Å²) in [6.45, 7) is 7.38. The molecule has 0 spiro atoms. The van der Waals surface area contributed by atoms with Gasteiger partial charge in [0.05, 0.1) is 13.2 Å². The molecule has 4 heteroatoms. The van der Waals surface area contributed by atoms with E-state index in [1.165, 1.54) is 0 Å². The van der Waals surface area contributed by atoms with E-state index in [-0.39, 0.29) is 11.9 Å². The van der Waals surface area contributed by atoms with Gasteiger partial charge in [0.15, 0.2) is 0 Å². The van der Waals surface area contributed by atoms with Crippen LogP contribution in [0.1, 0.15) is 91.4 Å². The van der Waals surface area contributed by atoms with Crippen molar-refractivity contribution in [3.8, 4) is 0 Å². The first-order valence-electron chi connectivity index (χ1n) is 9.41. The molecule has 0 fully saturated rings. The Bertz CT molecular complexity index is 302. The number of carbonyl (C=O) groups excluding carboxylic acids is 2. The van der Waals surface area contributed by atoms with E-state index in [1.54, 1.807) is 0 Å². The number of esters is 2. The molecule has 4 nitrogen and oxygen atoms in total. The van der Waals surface area contributed by atoms with E-state index >= 15 is 0 Å². The maximum atomic E-state index is 11.5. The average molecular weight is 328 g/mol. The minimum Gasteiger partial charge on any atom is -0.466 e. The fourth-order valence-electron chi connectivity index (χ4n) is 2.07. The molecule has 0 rings (SSSR count). The van der Waals surface area contributed by atoms with Gasteiger partial charge in [0.2, 0.25) is 0 Å². The topological polar surface area (TPSA) is 52.6 Å². The number of rotatable bonds is 15. The van der Waals surface area contributed by atoms with Crippen LogP contribution in [0.3, 0.4) is 0 Å². The van der Waals surface area contributed by atoms with Crippen LogP contribution >= 0.6 is 0 Å². The fourth-order valence-corrected chi connectivity index (χ4v) is 2.07. The zero-order valence-electron chi connectivity index (χ0n) is 15.4. The lowest BCUT2D eigenvalue weighted by atomic mass is 10.1. The number of unbranched alkanes of at least 4 members (excludes halogenated alkanes) is 6. The third-order valence-electron chi connectivity index (χ3n) is 4.00. The number of ether oxygens (including phenoxy) is 2. The lowest BCUT2D eigenvalue weighted by molar-refractivity contribution is -0.145. The Labute approximate surface area is 142 Å². The van der Waals surface area contributed by atoms with E-state index in [0.29, 0.717) is 32.0 Å². The smallest absolute Gasteiger partial charge is 0.305 e. The quantitative estimate of drug-likeness (QED) is 0.312. The van der Waals surface area contributed by atoms with Crippen LogP contribution in [0.25, 0.3) is 0 Å². The van der Waals surface area contributed by atoms with Crippen LogP contribution in [0.15, 0.2) is 0 Å². The Morgan fingerprint density at radius 1 is 0.783 bits per heavy atom. The molecule has 0 N–H and O–H groups in total. The van der Waals surface area contributed by atoms with Crippen molar-refractivity contribution in [3.05, 3.63) is 0 Å². The minimum atomic E-state index is -0.0693. The van der Waals surface area contributed by atoms with Gasteiger partial charge in [-0.2, -0.15) is 0 Å². The maximum absolute atomic E-state index is 11.5. The summed E-state index contributed by atoms with van der Waals surface area (Å²) in [6.07, 6.45) is 10.3. The Balaban J connectivity index is 3.30. The predicted molar refractivity (Wildman–Crippen MR) is 93.2 cm³/mol. The SMILES string of the molecule is CCCCOC(=O)CCCCCCCCC(=O)OCC(C)CC. The maximum Gasteiger partial charge on any atom is 0.305 e. The van der Waals surface area contributed by atoms with Crippen LogP contribution in [0, 0.1) is 5.92 Å². The molecule has 0 heterocycles. The highest BCUT2D eigenvalue weighted by atomic mass is 16.5. The molecule has 1 unspecified atom stereocenters. The van der Waals surface area contributed by atoms with Crippen LogP contribution in [-0.2, 0) is 19.1 Å². The highest BCUT2D eigenvalue weighted by molar-refractivity contribution is 5.69. The second-order valence-corrected chi connectivity index (χ2v) is 6.39. The van der Waals surface area contributed by atoms with Gasteiger partial charge in [0, 0.05) is 12.8 Å². The van der Waals surface area contributed by atoms with Crippen LogP contribution in [0.4, 0.5) is 0 Å². The molecule has 0 aliphatic carbocycles. The van der Waals surface area contributed by atoms with Crippen molar-refractivity contribution in [1.29, 1.82) is 0 Å². The normalized spacial score (nSPS) is 12.0. The fraction of sp³-hybridized carbons (Fsp3) is 0.895. The lowest BCUT2D eigenvalue weighted by Crippen LogP contribution is -2.11. The third-order valence-corrected chi connectivity index (χ3v) is 4.00. The zero-order valence-corrected chi connectivity index (χ0v) is 15.4. The van der Waals surface area contributed by atoms with Crippen LogP contribution in [0.2, 0.25) is 0 Å². The Morgan fingerprint density at radius 2 is 1.30 bits per heavy atom. The number of carbonyl (C=O) groups is 2. The van der Waals surface area contributed by atoms with Gasteiger partial charge in [-0.25, -0.2) is 0 Å². The molecular formula is C19H36O4. The van der Waals surface area contributed by atoms with Crippen molar-refractivity contribution in [2.75, 3.05) is 13.2 Å². The summed E-state index contributed by atoms with van der Waals surface area (Å²) in [5.41, 5.74) is 0. The Hall–Kier alpha value is -1.06. The molecule has 0 radical (unpaired) electrons. The minimum absolute atomic E-state index is 0.0671. The second kappa shape index (κ2) is 15.8. The first-order chi connectivity index (χ1) is 11.1. The summed E-state index contributed by atoms with van der Waals surface area (Å²) in [4.78, 5) is 22.9. The van der Waals surface area contributed by atoms with E-state index in [2.05, 4.69) is 20.8 Å². The van der Waals surface area contributed by atoms with E-state index in [0.717, 1.165) is 57.8 Å². The van der Waals surface area contributed by atoms with Crippen molar-refractivity contribution in [1.82, 2.24) is 0 Å². The monoisotopic (exact) mass is 328 g/mol. The molecule has 0 aliphatic rings. The third kappa shape index (κ3) is 15.6. The van der Waals surface area contributed by atoms with Crippen molar-refractivity contribution < 1.29 is 19.1 Å². The van der Waals surface area contributed by atoms with Gasteiger partial charge in [0.1, 0.15) is 0 Å². The first-order valence-corrected chi connectivity index (χ1v) is 9.41. The zero-order chi connectivity index (χ0) is 17.3. The molecular weight excluding hydrogens is 292 g/mol. The summed E-state index contributed by atoms with van der Waals surface area (Å²) in [5.74, 6) is 0.315. The van der Waals surface area contributed by atoms with E-state index in [4.69, 9.17) is 9.47 Å². The highest BCUT2D eigenvalue weighted by Gasteiger charge is 2.06. The van der Waals surface area contributed by atoms with Gasteiger partial charge in [-0.1, -0.05) is 59.3 Å². The molecule has 0 aromatic rings. The molecule has 136 valence electrons. The molecule has 0 aliphatic heterocycles. The lowest BCUT2D eigenvalue weighted by Gasteiger charge is -2.09. The van der Waals surface area contributed by atoms with E-state index in [9.17, 15) is 9.59 Å². The summed E-state index contributed by atoms with van der Waals surface area (Å²) in [5, 5.41) is 0.